The van der Waals surface area contributed by atoms with Crippen molar-refractivity contribution in [1.82, 2.24) is 20.3 Å². The molecule has 0 atom stereocenters. The van der Waals surface area contributed by atoms with Gasteiger partial charge < -0.3 is 19.3 Å². The molecule has 1 aliphatic rings. The number of fused-ring (bicyclic) bond motifs is 1. The number of ether oxygens (including phenoxy) is 2. The van der Waals surface area contributed by atoms with Gasteiger partial charge in [-0.1, -0.05) is 12.1 Å². The lowest BCUT2D eigenvalue weighted by molar-refractivity contribution is 0.0448. The van der Waals surface area contributed by atoms with E-state index in [1.807, 2.05) is 11.6 Å². The first-order chi connectivity index (χ1) is 13.7. The fourth-order valence-electron chi connectivity index (χ4n) is 3.18. The zero-order chi connectivity index (χ0) is 19.8. The minimum Gasteiger partial charge on any atom is -0.460 e. The molecule has 2 aromatic heterocycles. The van der Waals surface area contributed by atoms with Gasteiger partial charge in [0.1, 0.15) is 0 Å². The number of esters is 1. The maximum atomic E-state index is 12.7. The minimum atomic E-state index is -0.539. The van der Waals surface area contributed by atoms with Gasteiger partial charge in [-0.25, -0.2) is 4.79 Å². The molecule has 152 valence electrons. The van der Waals surface area contributed by atoms with Crippen molar-refractivity contribution in [2.75, 3.05) is 26.4 Å². The van der Waals surface area contributed by atoms with Crippen molar-refractivity contribution in [2.24, 2.45) is 0 Å². The van der Waals surface area contributed by atoms with Crippen molar-refractivity contribution < 1.29 is 23.6 Å². The van der Waals surface area contributed by atoms with E-state index in [9.17, 15) is 9.59 Å². The Kier molecular flexibility index (Phi) is 7.18. The van der Waals surface area contributed by atoms with E-state index in [2.05, 4.69) is 15.6 Å². The van der Waals surface area contributed by atoms with Gasteiger partial charge in [-0.2, -0.15) is 5.10 Å². The summed E-state index contributed by atoms with van der Waals surface area (Å²) in [4.78, 5) is 24.5. The molecule has 0 saturated carbocycles. The highest BCUT2D eigenvalue weighted by Crippen LogP contribution is 2.19. The van der Waals surface area contributed by atoms with Gasteiger partial charge in [-0.15, -0.1) is 0 Å². The van der Waals surface area contributed by atoms with Gasteiger partial charge in [-0.3, -0.25) is 9.48 Å². The van der Waals surface area contributed by atoms with Crippen molar-refractivity contribution in [3.8, 4) is 0 Å². The van der Waals surface area contributed by atoms with Crippen LogP contribution in [0.25, 0.3) is 0 Å². The summed E-state index contributed by atoms with van der Waals surface area (Å²) < 4.78 is 17.4. The van der Waals surface area contributed by atoms with E-state index in [0.29, 0.717) is 51.1 Å². The molecule has 3 rings (SSSR count). The maximum Gasteiger partial charge on any atom is 0.377 e. The van der Waals surface area contributed by atoms with Crippen LogP contribution in [-0.2, 0) is 28.9 Å². The summed E-state index contributed by atoms with van der Waals surface area (Å²) in [6.07, 6.45) is 5.00. The zero-order valence-corrected chi connectivity index (χ0v) is 16.1. The summed E-state index contributed by atoms with van der Waals surface area (Å²) in [7, 11) is 0. The summed E-state index contributed by atoms with van der Waals surface area (Å²) in [5.41, 5.74) is 2.40. The first kappa shape index (κ1) is 20.1. The normalized spacial score (nSPS) is 15.4. The van der Waals surface area contributed by atoms with Crippen molar-refractivity contribution in [1.29, 1.82) is 0 Å². The molecular weight excluding hydrogens is 364 g/mol. The molecule has 0 bridgehead atoms. The molecule has 9 nitrogen and oxygen atoms in total. The number of hydrogen-bond donors (Lipinski definition) is 1. The standard InChI is InChI=1S/C19H26N4O5/c1-2-14-17-15(6-3-11-26-12-4-8-20-18(17)24)23(22-14)10-5-13-27-19(25)16-7-9-21-28-16/h7,9H,2-6,8,10-13H2,1H3,(H,20,24). The third-order valence-corrected chi connectivity index (χ3v) is 4.53. The third-order valence-electron chi connectivity index (χ3n) is 4.53. The molecule has 1 N–H and O–H groups in total. The predicted molar refractivity (Wildman–Crippen MR) is 99.1 cm³/mol. The summed E-state index contributed by atoms with van der Waals surface area (Å²) in [5.74, 6) is -0.530. The Balaban J connectivity index is 1.66. The van der Waals surface area contributed by atoms with E-state index >= 15 is 0 Å². The number of hydrogen-bond acceptors (Lipinski definition) is 7. The van der Waals surface area contributed by atoms with Crippen LogP contribution in [0, 0.1) is 0 Å². The van der Waals surface area contributed by atoms with Gasteiger partial charge >= 0.3 is 5.97 Å². The van der Waals surface area contributed by atoms with Gasteiger partial charge in [0, 0.05) is 38.8 Å². The van der Waals surface area contributed by atoms with E-state index in [1.54, 1.807) is 0 Å². The van der Waals surface area contributed by atoms with Crippen LogP contribution in [0.1, 0.15) is 58.5 Å². The SMILES string of the molecule is CCc1nn(CCCOC(=O)c2ccno2)c2c1C(=O)NCCCOCCC2. The van der Waals surface area contributed by atoms with E-state index in [4.69, 9.17) is 14.0 Å². The Morgan fingerprint density at radius 3 is 3.00 bits per heavy atom. The number of rotatable bonds is 6. The summed E-state index contributed by atoms with van der Waals surface area (Å²) in [6.45, 7) is 4.68. The lowest BCUT2D eigenvalue weighted by Crippen LogP contribution is -2.26. The molecule has 28 heavy (non-hydrogen) atoms. The molecule has 0 fully saturated rings. The van der Waals surface area contributed by atoms with Crippen molar-refractivity contribution >= 4 is 11.9 Å². The van der Waals surface area contributed by atoms with Gasteiger partial charge in [0.2, 0.25) is 5.76 Å². The van der Waals surface area contributed by atoms with Crippen LogP contribution in [0.3, 0.4) is 0 Å². The highest BCUT2D eigenvalue weighted by molar-refractivity contribution is 5.96. The van der Waals surface area contributed by atoms with Crippen molar-refractivity contribution in [3.05, 3.63) is 35.0 Å². The highest BCUT2D eigenvalue weighted by atomic mass is 16.6. The molecule has 0 aromatic carbocycles. The van der Waals surface area contributed by atoms with Crippen LogP contribution in [-0.4, -0.2) is 53.2 Å². The summed E-state index contributed by atoms with van der Waals surface area (Å²) in [5, 5.41) is 11.1. The number of nitrogens with zero attached hydrogens (tertiary/aromatic N) is 3. The number of carbonyl (C=O) groups is 2. The second-order valence-corrected chi connectivity index (χ2v) is 6.54. The summed E-state index contributed by atoms with van der Waals surface area (Å²) in [6, 6.07) is 1.46. The van der Waals surface area contributed by atoms with E-state index in [-0.39, 0.29) is 18.3 Å². The number of carbonyl (C=O) groups excluding carboxylic acids is 2. The summed E-state index contributed by atoms with van der Waals surface area (Å²) >= 11 is 0. The van der Waals surface area contributed by atoms with Crippen molar-refractivity contribution in [2.45, 2.75) is 45.6 Å². The fourth-order valence-corrected chi connectivity index (χ4v) is 3.18. The Morgan fingerprint density at radius 1 is 1.36 bits per heavy atom. The topological polar surface area (TPSA) is 108 Å². The molecule has 0 saturated heterocycles. The molecule has 0 spiro atoms. The van der Waals surface area contributed by atoms with Crippen LogP contribution >= 0.6 is 0 Å². The van der Waals surface area contributed by atoms with Crippen LogP contribution < -0.4 is 5.32 Å². The average Bonchev–Trinajstić information content (AvgIpc) is 3.34. The smallest absolute Gasteiger partial charge is 0.377 e. The monoisotopic (exact) mass is 390 g/mol. The number of aryl methyl sites for hydroxylation is 2. The van der Waals surface area contributed by atoms with Crippen LogP contribution in [0.2, 0.25) is 0 Å². The number of aromatic nitrogens is 3. The molecular formula is C19H26N4O5. The molecule has 3 heterocycles. The van der Waals surface area contributed by atoms with Gasteiger partial charge in [-0.05, 0) is 25.7 Å². The molecule has 1 aliphatic heterocycles. The molecule has 1 amide bonds. The molecule has 9 heteroatoms. The molecule has 0 radical (unpaired) electrons. The predicted octanol–water partition coefficient (Wildman–Crippen LogP) is 1.76. The van der Waals surface area contributed by atoms with Gasteiger partial charge in [0.25, 0.3) is 5.91 Å². The second-order valence-electron chi connectivity index (χ2n) is 6.54. The van der Waals surface area contributed by atoms with E-state index in [0.717, 1.165) is 24.2 Å². The third kappa shape index (κ3) is 4.98. The lowest BCUT2D eigenvalue weighted by atomic mass is 10.1. The van der Waals surface area contributed by atoms with E-state index in [1.165, 1.54) is 12.3 Å². The van der Waals surface area contributed by atoms with Crippen LogP contribution in [0.4, 0.5) is 0 Å². The Bertz CT molecular complexity index is 785. The van der Waals surface area contributed by atoms with Gasteiger partial charge in [0.15, 0.2) is 0 Å². The lowest BCUT2D eigenvalue weighted by Gasteiger charge is -2.09. The Hall–Kier alpha value is -2.68. The van der Waals surface area contributed by atoms with Gasteiger partial charge in [0.05, 0.1) is 29.8 Å². The fraction of sp³-hybridized carbons (Fsp3) is 0.579. The first-order valence-electron chi connectivity index (χ1n) is 9.73. The zero-order valence-electron chi connectivity index (χ0n) is 16.1. The van der Waals surface area contributed by atoms with Crippen LogP contribution in [0.15, 0.2) is 16.8 Å². The van der Waals surface area contributed by atoms with Crippen LogP contribution in [0.5, 0.6) is 0 Å². The highest BCUT2D eigenvalue weighted by Gasteiger charge is 2.23. The second kappa shape index (κ2) is 10.0. The largest absolute Gasteiger partial charge is 0.460 e. The van der Waals surface area contributed by atoms with Crippen molar-refractivity contribution in [3.63, 3.8) is 0 Å². The molecule has 2 aromatic rings. The number of nitrogens with one attached hydrogen (secondary N) is 1. The Labute approximate surface area is 163 Å². The molecule has 0 aliphatic carbocycles. The number of amides is 1. The minimum absolute atomic E-state index is 0.0725. The van der Waals surface area contributed by atoms with E-state index < -0.39 is 5.97 Å². The quantitative estimate of drug-likeness (QED) is 0.591. The average molecular weight is 390 g/mol. The Morgan fingerprint density at radius 2 is 2.21 bits per heavy atom. The first-order valence-corrected chi connectivity index (χ1v) is 9.73. The molecule has 0 unspecified atom stereocenters. The maximum absolute atomic E-state index is 12.7.